The summed E-state index contributed by atoms with van der Waals surface area (Å²) in [4.78, 5) is 28.7. The number of esters is 1. The highest BCUT2D eigenvalue weighted by Crippen LogP contribution is 2.55. The van der Waals surface area contributed by atoms with Crippen LogP contribution in [0.4, 0.5) is 0 Å². The van der Waals surface area contributed by atoms with Crippen molar-refractivity contribution in [2.24, 2.45) is 41.4 Å². The van der Waals surface area contributed by atoms with Crippen LogP contribution in [-0.4, -0.2) is 119 Å². The Morgan fingerprint density at radius 1 is 0.838 bits per heavy atom. The number of hydrogen-bond donors (Lipinski definition) is 3. The number of benzene rings is 3. The smallest absolute Gasteiger partial charge is 0.310 e. The van der Waals surface area contributed by atoms with Crippen LogP contribution in [0.3, 0.4) is 0 Å². The van der Waals surface area contributed by atoms with Gasteiger partial charge in [-0.05, 0) is 80.9 Å². The van der Waals surface area contributed by atoms with E-state index in [1.807, 2.05) is 82.3 Å². The standard InChI is InChI=1S/C61H86O12S/c1-11-58(55-39(4)33-50(69-55)52-38(3)32-40(5)60(66,37-62)72-52)29-28-51(70-58)57(9)30-31-59(73-57)35-49(64)42(7)54(71-59)43(8)53(67-10)41(6)48(63)34-44(56(65)68-12-2)36-74-61(45-22-16-13-17-23-45,46-24-18-14-19-25-46)47-26-20-15-21-27-47/h13-27,38-44,49-55,62,64,66H,11-12,28-37H2,1-10H3/t38?,39?,40?,41?,42?,43?,44-,49?,50?,51?,52?,53?,54?,55?,57?,58?,59?,60?/m1/s1. The Morgan fingerprint density at radius 2 is 1.45 bits per heavy atom. The molecule has 0 bridgehead atoms. The maximum Gasteiger partial charge on any atom is 0.310 e. The fourth-order valence-electron chi connectivity index (χ4n) is 13.8. The van der Waals surface area contributed by atoms with Crippen molar-refractivity contribution in [3.8, 4) is 0 Å². The van der Waals surface area contributed by atoms with Crippen molar-refractivity contribution in [3.63, 3.8) is 0 Å². The van der Waals surface area contributed by atoms with Gasteiger partial charge < -0.3 is 48.5 Å². The highest BCUT2D eigenvalue weighted by Gasteiger charge is 2.62. The Hall–Kier alpha value is -3.21. The first-order valence-electron chi connectivity index (χ1n) is 27.7. The number of carbonyl (C=O) groups excluding carboxylic acids is 2. The van der Waals surface area contributed by atoms with Crippen molar-refractivity contribution in [2.75, 3.05) is 26.1 Å². The lowest BCUT2D eigenvalue weighted by molar-refractivity contribution is -0.336. The molecule has 8 rings (SSSR count). The second-order valence-electron chi connectivity index (χ2n) is 23.2. The number of Topliss-reactive ketones (excluding diaryl/α,β-unsaturated/α-hetero) is 1. The van der Waals surface area contributed by atoms with E-state index in [0.29, 0.717) is 25.0 Å². The van der Waals surface area contributed by atoms with E-state index in [9.17, 15) is 24.9 Å². The van der Waals surface area contributed by atoms with E-state index in [1.165, 1.54) is 0 Å². The van der Waals surface area contributed by atoms with E-state index in [-0.39, 0.29) is 72.8 Å². The Kier molecular flexibility index (Phi) is 18.0. The van der Waals surface area contributed by atoms with E-state index in [1.54, 1.807) is 25.8 Å². The predicted octanol–water partition coefficient (Wildman–Crippen LogP) is 10.1. The molecule has 0 aliphatic carbocycles. The highest BCUT2D eigenvalue weighted by molar-refractivity contribution is 8.00. The van der Waals surface area contributed by atoms with Gasteiger partial charge in [-0.15, -0.1) is 11.8 Å². The minimum absolute atomic E-state index is 0.0328. The Labute approximate surface area is 445 Å². The summed E-state index contributed by atoms with van der Waals surface area (Å²) in [5.41, 5.74) is 1.94. The van der Waals surface area contributed by atoms with Crippen LogP contribution in [-0.2, 0) is 47.5 Å². The van der Waals surface area contributed by atoms with Gasteiger partial charge in [0.1, 0.15) is 5.78 Å². The summed E-state index contributed by atoms with van der Waals surface area (Å²) in [6.07, 6.45) is 2.48. The molecule has 0 amide bonds. The fourth-order valence-corrected chi connectivity index (χ4v) is 15.5. The molecule has 5 saturated heterocycles. The van der Waals surface area contributed by atoms with Crippen LogP contribution < -0.4 is 0 Å². The van der Waals surface area contributed by atoms with Gasteiger partial charge in [0.2, 0.25) is 0 Å². The third kappa shape index (κ3) is 11.1. The molecule has 13 heteroatoms. The number of aliphatic hydroxyl groups is 3. The fraction of sp³-hybridized carbons (Fsp3) is 0.672. The van der Waals surface area contributed by atoms with Gasteiger partial charge in [0.25, 0.3) is 0 Å². The summed E-state index contributed by atoms with van der Waals surface area (Å²) in [6.45, 7) is 18.0. The molecular formula is C61H86O12S. The van der Waals surface area contributed by atoms with E-state index in [4.69, 9.17) is 33.2 Å². The van der Waals surface area contributed by atoms with Crippen LogP contribution in [0, 0.1) is 41.4 Å². The van der Waals surface area contributed by atoms with Crippen molar-refractivity contribution >= 4 is 23.5 Å². The van der Waals surface area contributed by atoms with Gasteiger partial charge in [-0.2, -0.15) is 0 Å². The van der Waals surface area contributed by atoms with Gasteiger partial charge in [0.15, 0.2) is 11.6 Å². The molecule has 5 aliphatic heterocycles. The van der Waals surface area contributed by atoms with Gasteiger partial charge in [-0.1, -0.05) is 139 Å². The zero-order valence-corrected chi connectivity index (χ0v) is 46.5. The number of methoxy groups -OCH3 is 1. The molecule has 0 radical (unpaired) electrons. The molecule has 17 unspecified atom stereocenters. The predicted molar refractivity (Wildman–Crippen MR) is 286 cm³/mol. The van der Waals surface area contributed by atoms with Crippen molar-refractivity contribution in [3.05, 3.63) is 108 Å². The summed E-state index contributed by atoms with van der Waals surface area (Å²) in [7, 11) is 1.62. The first kappa shape index (κ1) is 57.0. The van der Waals surface area contributed by atoms with Gasteiger partial charge in [-0.3, -0.25) is 9.59 Å². The lowest BCUT2D eigenvalue weighted by atomic mass is 9.77. The van der Waals surface area contributed by atoms with Gasteiger partial charge >= 0.3 is 5.97 Å². The van der Waals surface area contributed by atoms with E-state index >= 15 is 0 Å². The first-order chi connectivity index (χ1) is 35.3. The summed E-state index contributed by atoms with van der Waals surface area (Å²) in [6, 6.07) is 30.9. The van der Waals surface area contributed by atoms with E-state index < -0.39 is 70.2 Å². The Bertz CT molecular complexity index is 2210. The number of hydrogen-bond acceptors (Lipinski definition) is 13. The van der Waals surface area contributed by atoms with Crippen LogP contribution in [0.1, 0.15) is 137 Å². The Morgan fingerprint density at radius 3 is 2.00 bits per heavy atom. The average Bonchev–Trinajstić information content (AvgIpc) is 4.13. The molecule has 3 N–H and O–H groups in total. The molecule has 12 nitrogen and oxygen atoms in total. The first-order valence-corrected chi connectivity index (χ1v) is 28.7. The summed E-state index contributed by atoms with van der Waals surface area (Å²) >= 11 is 1.64. The number of rotatable bonds is 20. The van der Waals surface area contributed by atoms with Crippen LogP contribution in [0.15, 0.2) is 91.0 Å². The molecule has 3 aromatic rings. The monoisotopic (exact) mass is 1040 g/mol. The summed E-state index contributed by atoms with van der Waals surface area (Å²) in [5.74, 6) is -4.71. The molecular weight excluding hydrogens is 957 g/mol. The molecule has 0 aromatic heterocycles. The number of carbonyl (C=O) groups is 2. The van der Waals surface area contributed by atoms with Gasteiger partial charge in [0.05, 0.1) is 77.8 Å². The van der Waals surface area contributed by atoms with E-state index in [2.05, 4.69) is 64.1 Å². The van der Waals surface area contributed by atoms with Crippen LogP contribution >= 0.6 is 11.8 Å². The average molecular weight is 1040 g/mol. The second kappa shape index (κ2) is 23.4. The lowest BCUT2D eigenvalue weighted by Gasteiger charge is -2.49. The molecule has 5 aliphatic rings. The van der Waals surface area contributed by atoms with Crippen LogP contribution in [0.25, 0.3) is 0 Å². The van der Waals surface area contributed by atoms with Crippen molar-refractivity contribution in [1.29, 1.82) is 0 Å². The molecule has 0 saturated carbocycles. The molecule has 74 heavy (non-hydrogen) atoms. The van der Waals surface area contributed by atoms with Crippen LogP contribution in [0.5, 0.6) is 0 Å². The second-order valence-corrected chi connectivity index (χ2v) is 24.4. The molecule has 5 heterocycles. The molecule has 3 aromatic carbocycles. The third-order valence-electron chi connectivity index (χ3n) is 18.3. The molecule has 1 spiro atoms. The minimum Gasteiger partial charge on any atom is -0.466 e. The minimum atomic E-state index is -1.59. The normalized spacial score (nSPS) is 37.1. The van der Waals surface area contributed by atoms with E-state index in [0.717, 1.165) is 48.8 Å². The topological polar surface area (TPSA) is 159 Å². The number of ketones is 1. The largest absolute Gasteiger partial charge is 0.466 e. The third-order valence-corrected chi connectivity index (χ3v) is 20.0. The number of ether oxygens (including phenoxy) is 7. The quantitative estimate of drug-likeness (QED) is 0.0726. The zero-order valence-electron chi connectivity index (χ0n) is 45.7. The van der Waals surface area contributed by atoms with Gasteiger partial charge in [-0.25, -0.2) is 0 Å². The van der Waals surface area contributed by atoms with Crippen molar-refractivity contribution in [2.45, 2.75) is 190 Å². The SMILES string of the molecule is CCOC(=O)[C@@H](CSC(c1ccccc1)(c1ccccc1)c1ccccc1)CC(=O)C(C)C(OC)C(C)C1OC2(CCC(C)(C3CCC(CC)(C4OC(C5OC(O)(CO)C(C)CC5C)CC4C)O3)O2)CC(O)C1C. The summed E-state index contributed by atoms with van der Waals surface area (Å²) < 4.78 is 46.0. The van der Waals surface area contributed by atoms with Gasteiger partial charge in [0, 0.05) is 55.8 Å². The number of thioether (sulfide) groups is 1. The highest BCUT2D eigenvalue weighted by atomic mass is 32.2. The van der Waals surface area contributed by atoms with Crippen molar-refractivity contribution < 1.29 is 58.1 Å². The number of aliphatic hydroxyl groups excluding tert-OH is 2. The molecule has 18 atom stereocenters. The molecule has 408 valence electrons. The molecule has 5 fully saturated rings. The maximum atomic E-state index is 14.7. The van der Waals surface area contributed by atoms with Crippen molar-refractivity contribution in [1.82, 2.24) is 0 Å². The summed E-state index contributed by atoms with van der Waals surface area (Å²) in [5, 5.41) is 33.1. The lowest BCUT2D eigenvalue weighted by Crippen LogP contribution is -2.57. The zero-order chi connectivity index (χ0) is 53.2. The Balaban J connectivity index is 0.954. The maximum absolute atomic E-state index is 14.7. The van der Waals surface area contributed by atoms with Crippen LogP contribution in [0.2, 0.25) is 0 Å².